The number of para-hydroxylation sites is 1. The Morgan fingerprint density at radius 2 is 1.90 bits per heavy atom. The molecular formula is C23H30N4OS. The number of pyridine rings is 1. The molecule has 0 saturated heterocycles. The van der Waals surface area contributed by atoms with Crippen LogP contribution in [0.4, 0.5) is 5.82 Å². The summed E-state index contributed by atoms with van der Waals surface area (Å²) < 4.78 is 0. The van der Waals surface area contributed by atoms with Crippen molar-refractivity contribution in [3.8, 4) is 0 Å². The summed E-state index contributed by atoms with van der Waals surface area (Å²) in [7, 11) is 8.08. The van der Waals surface area contributed by atoms with Gasteiger partial charge in [0.05, 0.1) is 11.9 Å². The first kappa shape index (κ1) is 21.3. The number of likely N-dealkylation sites (N-methyl/N-ethyl adjacent to an activating group) is 1. The molecule has 0 bridgehead atoms. The molecule has 0 saturated carbocycles. The Hall–Kier alpha value is -2.44. The third kappa shape index (κ3) is 5.34. The second-order valence-corrected chi connectivity index (χ2v) is 8.72. The summed E-state index contributed by atoms with van der Waals surface area (Å²) in [4.78, 5) is 24.2. The van der Waals surface area contributed by atoms with E-state index in [2.05, 4.69) is 36.1 Å². The van der Waals surface area contributed by atoms with E-state index in [0.29, 0.717) is 19.5 Å². The lowest BCUT2D eigenvalue weighted by molar-refractivity contribution is -0.131. The molecule has 154 valence electrons. The number of aromatic nitrogens is 1. The van der Waals surface area contributed by atoms with Gasteiger partial charge in [-0.2, -0.15) is 11.3 Å². The third-order valence-electron chi connectivity index (χ3n) is 4.99. The molecule has 3 aromatic rings. The Morgan fingerprint density at radius 3 is 2.55 bits per heavy atom. The zero-order valence-electron chi connectivity index (χ0n) is 18.0. The number of carbonyl (C=O) groups is 1. The van der Waals surface area contributed by atoms with E-state index in [9.17, 15) is 4.79 Å². The third-order valence-corrected chi connectivity index (χ3v) is 5.73. The van der Waals surface area contributed by atoms with Crippen LogP contribution in [-0.4, -0.2) is 62.0 Å². The molecule has 0 N–H and O–H groups in total. The van der Waals surface area contributed by atoms with Crippen LogP contribution in [0.1, 0.15) is 16.7 Å². The molecule has 0 aliphatic carbocycles. The van der Waals surface area contributed by atoms with Gasteiger partial charge in [-0.25, -0.2) is 4.98 Å². The molecule has 0 unspecified atom stereocenters. The average Bonchev–Trinajstić information content (AvgIpc) is 3.17. The van der Waals surface area contributed by atoms with E-state index in [-0.39, 0.29) is 5.91 Å². The smallest absolute Gasteiger partial charge is 0.227 e. The topological polar surface area (TPSA) is 39.7 Å². The summed E-state index contributed by atoms with van der Waals surface area (Å²) in [5, 5.41) is 5.18. The summed E-state index contributed by atoms with van der Waals surface area (Å²) in [6.45, 7) is 4.16. The van der Waals surface area contributed by atoms with E-state index in [1.54, 1.807) is 11.3 Å². The van der Waals surface area contributed by atoms with Crippen molar-refractivity contribution < 1.29 is 4.79 Å². The van der Waals surface area contributed by atoms with Crippen LogP contribution in [0.25, 0.3) is 10.9 Å². The quantitative estimate of drug-likeness (QED) is 0.566. The number of nitrogens with zero attached hydrogens (tertiary/aromatic N) is 4. The van der Waals surface area contributed by atoms with Crippen molar-refractivity contribution in [2.45, 2.75) is 19.9 Å². The lowest BCUT2D eigenvalue weighted by Crippen LogP contribution is -2.37. The molecule has 2 aromatic heterocycles. The average molecular weight is 411 g/mol. The number of fused-ring (bicyclic) bond motifs is 1. The van der Waals surface area contributed by atoms with Gasteiger partial charge in [-0.1, -0.05) is 18.2 Å². The Bertz CT molecular complexity index is 966. The molecule has 0 spiro atoms. The maximum absolute atomic E-state index is 13.1. The van der Waals surface area contributed by atoms with E-state index in [0.717, 1.165) is 40.0 Å². The molecule has 0 radical (unpaired) electrons. The van der Waals surface area contributed by atoms with Crippen LogP contribution in [0.2, 0.25) is 0 Å². The number of hydrogen-bond donors (Lipinski definition) is 0. The van der Waals surface area contributed by atoms with Gasteiger partial charge in [0.25, 0.3) is 0 Å². The second kappa shape index (κ2) is 9.37. The number of amides is 1. The maximum atomic E-state index is 13.1. The number of anilines is 1. The summed E-state index contributed by atoms with van der Waals surface area (Å²) in [6.07, 6.45) is 0.439. The zero-order chi connectivity index (χ0) is 21.0. The molecular weight excluding hydrogens is 380 g/mol. The van der Waals surface area contributed by atoms with E-state index in [4.69, 9.17) is 4.98 Å². The van der Waals surface area contributed by atoms with Gasteiger partial charge in [-0.05, 0) is 55.0 Å². The Kier molecular flexibility index (Phi) is 6.87. The minimum absolute atomic E-state index is 0.152. The van der Waals surface area contributed by atoms with E-state index in [1.165, 1.54) is 0 Å². The molecule has 0 aliphatic heterocycles. The van der Waals surface area contributed by atoms with Crippen LogP contribution in [0.3, 0.4) is 0 Å². The van der Waals surface area contributed by atoms with Crippen LogP contribution >= 0.6 is 11.3 Å². The molecule has 1 aromatic carbocycles. The van der Waals surface area contributed by atoms with E-state index < -0.39 is 0 Å². The Labute approximate surface area is 177 Å². The van der Waals surface area contributed by atoms with E-state index in [1.807, 2.05) is 54.8 Å². The van der Waals surface area contributed by atoms with Gasteiger partial charge in [-0.15, -0.1) is 0 Å². The van der Waals surface area contributed by atoms with Gasteiger partial charge in [0.1, 0.15) is 5.82 Å². The molecule has 29 heavy (non-hydrogen) atoms. The fraction of sp³-hybridized carbons (Fsp3) is 0.391. The maximum Gasteiger partial charge on any atom is 0.227 e. The molecule has 2 heterocycles. The summed E-state index contributed by atoms with van der Waals surface area (Å²) >= 11 is 1.63. The van der Waals surface area contributed by atoms with Crippen molar-refractivity contribution in [2.24, 2.45) is 0 Å². The van der Waals surface area contributed by atoms with Crippen LogP contribution in [0, 0.1) is 6.92 Å². The summed E-state index contributed by atoms with van der Waals surface area (Å²) in [6, 6.07) is 10.4. The van der Waals surface area contributed by atoms with Gasteiger partial charge in [0.15, 0.2) is 0 Å². The van der Waals surface area contributed by atoms with Crippen LogP contribution < -0.4 is 4.90 Å². The Morgan fingerprint density at radius 1 is 1.10 bits per heavy atom. The van der Waals surface area contributed by atoms with Crippen molar-refractivity contribution in [1.29, 1.82) is 0 Å². The predicted molar refractivity (Wildman–Crippen MR) is 123 cm³/mol. The standard InChI is InChI=1S/C23H30N4OS/c1-17-7-6-8-19-14-20(23(26(4)5)24-22(17)19)15-27(11-10-25(2)3)21(28)13-18-9-12-29-16-18/h6-9,12,14,16H,10-11,13,15H2,1-5H3. The summed E-state index contributed by atoms with van der Waals surface area (Å²) in [5.74, 6) is 1.07. The normalized spacial score (nSPS) is 11.2. The van der Waals surface area contributed by atoms with Crippen LogP contribution in [0.15, 0.2) is 41.1 Å². The number of rotatable bonds is 8. The lowest BCUT2D eigenvalue weighted by Gasteiger charge is -2.27. The SMILES string of the molecule is Cc1cccc2cc(CN(CCN(C)C)C(=O)Cc3ccsc3)c(N(C)C)nc12. The molecule has 1 amide bonds. The van der Waals surface area contributed by atoms with Crippen LogP contribution in [0.5, 0.6) is 0 Å². The van der Waals surface area contributed by atoms with Gasteiger partial charge in [0.2, 0.25) is 5.91 Å². The summed E-state index contributed by atoms with van der Waals surface area (Å²) in [5.41, 5.74) is 4.33. The first-order valence-electron chi connectivity index (χ1n) is 9.85. The largest absolute Gasteiger partial charge is 0.362 e. The highest BCUT2D eigenvalue weighted by atomic mass is 32.1. The number of thiophene rings is 1. The fourth-order valence-electron chi connectivity index (χ4n) is 3.38. The van der Waals surface area contributed by atoms with Crippen molar-refractivity contribution in [3.05, 3.63) is 57.8 Å². The van der Waals surface area contributed by atoms with Crippen molar-refractivity contribution in [1.82, 2.24) is 14.8 Å². The molecule has 3 rings (SSSR count). The van der Waals surface area contributed by atoms with Crippen molar-refractivity contribution in [2.75, 3.05) is 46.2 Å². The molecule has 6 heteroatoms. The fourth-order valence-corrected chi connectivity index (χ4v) is 4.05. The first-order chi connectivity index (χ1) is 13.8. The molecule has 0 atom stereocenters. The monoisotopic (exact) mass is 410 g/mol. The van der Waals surface area contributed by atoms with Gasteiger partial charge in [-0.3, -0.25) is 4.79 Å². The van der Waals surface area contributed by atoms with E-state index >= 15 is 0 Å². The van der Waals surface area contributed by atoms with Crippen molar-refractivity contribution in [3.63, 3.8) is 0 Å². The van der Waals surface area contributed by atoms with Gasteiger partial charge >= 0.3 is 0 Å². The van der Waals surface area contributed by atoms with Gasteiger partial charge in [0, 0.05) is 44.7 Å². The lowest BCUT2D eigenvalue weighted by atomic mass is 10.1. The van der Waals surface area contributed by atoms with Gasteiger partial charge < -0.3 is 14.7 Å². The highest BCUT2D eigenvalue weighted by Gasteiger charge is 2.19. The number of benzene rings is 1. The second-order valence-electron chi connectivity index (χ2n) is 7.94. The predicted octanol–water partition coefficient (Wildman–Crippen LogP) is 3.80. The number of aryl methyl sites for hydroxylation is 1. The van der Waals surface area contributed by atoms with Crippen molar-refractivity contribution >= 4 is 34.0 Å². The number of carbonyl (C=O) groups excluding carboxylic acids is 1. The zero-order valence-corrected chi connectivity index (χ0v) is 18.8. The Balaban J connectivity index is 1.93. The highest BCUT2D eigenvalue weighted by Crippen LogP contribution is 2.26. The number of hydrogen-bond acceptors (Lipinski definition) is 5. The molecule has 5 nitrogen and oxygen atoms in total. The molecule has 0 aliphatic rings. The first-order valence-corrected chi connectivity index (χ1v) is 10.8. The highest BCUT2D eigenvalue weighted by molar-refractivity contribution is 7.08. The minimum Gasteiger partial charge on any atom is -0.362 e. The minimum atomic E-state index is 0.152. The molecule has 0 fully saturated rings. The van der Waals surface area contributed by atoms with Crippen LogP contribution in [-0.2, 0) is 17.8 Å².